The molecule has 0 amide bonds. The van der Waals surface area contributed by atoms with Crippen LogP contribution in [0.15, 0.2) is 86.1 Å². The number of hydrogen-bond acceptors (Lipinski definition) is 9. The third-order valence-electron chi connectivity index (χ3n) is 6.75. The van der Waals surface area contributed by atoms with E-state index >= 15 is 0 Å². The molecule has 0 aliphatic carbocycles. The predicted octanol–water partition coefficient (Wildman–Crippen LogP) is 5.02. The van der Waals surface area contributed by atoms with Gasteiger partial charge in [-0.15, -0.1) is 0 Å². The number of thiazole rings is 1. The van der Waals surface area contributed by atoms with E-state index in [1.54, 1.807) is 57.2 Å². The first kappa shape index (κ1) is 29.8. The van der Waals surface area contributed by atoms with Crippen molar-refractivity contribution in [2.75, 3.05) is 19.8 Å². The van der Waals surface area contributed by atoms with Crippen molar-refractivity contribution in [3.05, 3.63) is 109 Å². The standard InChI is InChI=1S/C33H32N2O7S/c1-5-17-41-26-14-9-8-13-24(26)29-28(32(38)40-7-3)20(4)34-33-35(29)30(36)27(43-33)19-23-15-16-25(42-23)21-11-10-12-22(18-21)31(37)39-6-2/h8-16,18-19,29H,5-7,17H2,1-4H3/b27-19+/t29-/m0/s1. The highest BCUT2D eigenvalue weighted by Gasteiger charge is 2.35. The third kappa shape index (κ3) is 6.10. The molecule has 0 bridgehead atoms. The maximum atomic E-state index is 14.0. The van der Waals surface area contributed by atoms with Crippen LogP contribution < -0.4 is 19.6 Å². The molecule has 5 rings (SSSR count). The lowest BCUT2D eigenvalue weighted by Gasteiger charge is -2.26. The average Bonchev–Trinajstić information content (AvgIpc) is 3.60. The molecule has 1 atom stereocenters. The lowest BCUT2D eigenvalue weighted by atomic mass is 9.95. The van der Waals surface area contributed by atoms with Crippen LogP contribution in [0.25, 0.3) is 17.4 Å². The molecule has 0 saturated heterocycles. The summed E-state index contributed by atoms with van der Waals surface area (Å²) < 4.78 is 24.5. The Morgan fingerprint density at radius 2 is 1.77 bits per heavy atom. The van der Waals surface area contributed by atoms with Crippen molar-refractivity contribution in [1.29, 1.82) is 0 Å². The number of benzene rings is 2. The highest BCUT2D eigenvalue weighted by atomic mass is 32.1. The number of ether oxygens (including phenoxy) is 3. The molecule has 222 valence electrons. The average molecular weight is 601 g/mol. The van der Waals surface area contributed by atoms with Gasteiger partial charge in [0.1, 0.15) is 23.3 Å². The van der Waals surface area contributed by atoms with Crippen LogP contribution in [0, 0.1) is 0 Å². The van der Waals surface area contributed by atoms with Crippen molar-refractivity contribution in [3.8, 4) is 17.1 Å². The van der Waals surface area contributed by atoms with E-state index in [1.165, 1.54) is 15.9 Å². The lowest BCUT2D eigenvalue weighted by molar-refractivity contribution is -0.139. The molecule has 3 heterocycles. The van der Waals surface area contributed by atoms with Crippen LogP contribution in [-0.4, -0.2) is 36.3 Å². The minimum absolute atomic E-state index is 0.185. The second-order valence-corrected chi connectivity index (χ2v) is 10.7. The van der Waals surface area contributed by atoms with Crippen molar-refractivity contribution in [3.63, 3.8) is 0 Å². The highest BCUT2D eigenvalue weighted by molar-refractivity contribution is 7.07. The Labute approximate surface area is 252 Å². The zero-order valence-corrected chi connectivity index (χ0v) is 25.2. The zero-order chi connectivity index (χ0) is 30.5. The maximum absolute atomic E-state index is 14.0. The molecule has 0 fully saturated rings. The first-order chi connectivity index (χ1) is 20.9. The van der Waals surface area contributed by atoms with E-state index in [9.17, 15) is 14.4 Å². The Balaban J connectivity index is 1.60. The number of carbonyl (C=O) groups is 2. The molecule has 9 nitrogen and oxygen atoms in total. The van der Waals surface area contributed by atoms with E-state index in [0.29, 0.717) is 55.6 Å². The Bertz CT molecular complexity index is 1880. The zero-order valence-electron chi connectivity index (χ0n) is 24.4. The largest absolute Gasteiger partial charge is 0.493 e. The highest BCUT2D eigenvalue weighted by Crippen LogP contribution is 2.36. The number of allylic oxidation sites excluding steroid dienone is 1. The molecule has 43 heavy (non-hydrogen) atoms. The van der Waals surface area contributed by atoms with E-state index in [0.717, 1.165) is 6.42 Å². The quantitative estimate of drug-likeness (QED) is 0.235. The van der Waals surface area contributed by atoms with Crippen LogP contribution in [-0.2, 0) is 14.3 Å². The van der Waals surface area contributed by atoms with Crippen molar-refractivity contribution in [1.82, 2.24) is 4.57 Å². The summed E-state index contributed by atoms with van der Waals surface area (Å²) in [4.78, 5) is 44.5. The van der Waals surface area contributed by atoms with Gasteiger partial charge in [-0.05, 0) is 57.5 Å². The molecule has 10 heteroatoms. The minimum Gasteiger partial charge on any atom is -0.493 e. The summed E-state index contributed by atoms with van der Waals surface area (Å²) in [6, 6.07) is 17.1. The van der Waals surface area contributed by atoms with Gasteiger partial charge >= 0.3 is 11.9 Å². The molecule has 0 N–H and O–H groups in total. The van der Waals surface area contributed by atoms with Crippen LogP contribution in [0.1, 0.15) is 61.8 Å². The number of para-hydroxylation sites is 1. The second-order valence-electron chi connectivity index (χ2n) is 9.69. The Morgan fingerprint density at radius 1 is 1.00 bits per heavy atom. The first-order valence-electron chi connectivity index (χ1n) is 14.1. The molecule has 0 unspecified atom stereocenters. The van der Waals surface area contributed by atoms with E-state index in [-0.39, 0.29) is 24.3 Å². The molecular formula is C33H32N2O7S. The number of furan rings is 1. The van der Waals surface area contributed by atoms with Crippen LogP contribution >= 0.6 is 11.3 Å². The summed E-state index contributed by atoms with van der Waals surface area (Å²) in [5.41, 5.74) is 2.23. The summed E-state index contributed by atoms with van der Waals surface area (Å²) in [5.74, 6) is 0.623. The van der Waals surface area contributed by atoms with Gasteiger partial charge in [0.15, 0.2) is 4.80 Å². The molecule has 1 aliphatic rings. The Morgan fingerprint density at radius 3 is 2.53 bits per heavy atom. The Hall–Kier alpha value is -4.70. The van der Waals surface area contributed by atoms with Gasteiger partial charge in [0.2, 0.25) is 0 Å². The summed E-state index contributed by atoms with van der Waals surface area (Å²) >= 11 is 1.21. The second kappa shape index (κ2) is 13.1. The number of aromatic nitrogens is 1. The smallest absolute Gasteiger partial charge is 0.338 e. The van der Waals surface area contributed by atoms with Gasteiger partial charge in [-0.1, -0.05) is 48.6 Å². The molecule has 2 aromatic carbocycles. The van der Waals surface area contributed by atoms with Crippen LogP contribution in [0.3, 0.4) is 0 Å². The topological polar surface area (TPSA) is 109 Å². The van der Waals surface area contributed by atoms with Gasteiger partial charge in [0.05, 0.1) is 41.2 Å². The fraction of sp³-hybridized carbons (Fsp3) is 0.273. The van der Waals surface area contributed by atoms with E-state index < -0.39 is 18.0 Å². The van der Waals surface area contributed by atoms with Crippen LogP contribution in [0.4, 0.5) is 0 Å². The number of carbonyl (C=O) groups excluding carboxylic acids is 2. The fourth-order valence-corrected chi connectivity index (χ4v) is 5.89. The number of rotatable bonds is 10. The van der Waals surface area contributed by atoms with Crippen molar-refractivity contribution >= 4 is 29.4 Å². The fourth-order valence-electron chi connectivity index (χ4n) is 4.86. The van der Waals surface area contributed by atoms with Crippen molar-refractivity contribution in [2.24, 2.45) is 4.99 Å². The molecule has 4 aromatic rings. The number of esters is 2. The van der Waals surface area contributed by atoms with Gasteiger partial charge in [-0.3, -0.25) is 9.36 Å². The van der Waals surface area contributed by atoms with Gasteiger partial charge in [0, 0.05) is 17.2 Å². The maximum Gasteiger partial charge on any atom is 0.338 e. The minimum atomic E-state index is -0.789. The molecule has 2 aromatic heterocycles. The van der Waals surface area contributed by atoms with Crippen molar-refractivity contribution < 1.29 is 28.2 Å². The van der Waals surface area contributed by atoms with Gasteiger partial charge in [-0.2, -0.15) is 0 Å². The number of hydrogen-bond donors (Lipinski definition) is 0. The molecular weight excluding hydrogens is 568 g/mol. The number of nitrogens with zero attached hydrogens (tertiary/aromatic N) is 2. The van der Waals surface area contributed by atoms with Gasteiger partial charge in [0.25, 0.3) is 5.56 Å². The molecule has 1 aliphatic heterocycles. The summed E-state index contributed by atoms with van der Waals surface area (Å²) in [6.45, 7) is 8.20. The van der Waals surface area contributed by atoms with E-state index in [1.807, 2.05) is 37.3 Å². The van der Waals surface area contributed by atoms with Gasteiger partial charge < -0.3 is 18.6 Å². The first-order valence-corrected chi connectivity index (χ1v) is 15.0. The molecule has 0 radical (unpaired) electrons. The SMILES string of the molecule is CCCOc1ccccc1[C@H]1C(C(=O)OCC)=C(C)N=c2s/c(=C/c3ccc(-c4cccc(C(=O)OCC)c4)o3)c(=O)n21. The molecule has 0 spiro atoms. The predicted molar refractivity (Wildman–Crippen MR) is 163 cm³/mol. The third-order valence-corrected chi connectivity index (χ3v) is 7.73. The number of fused-ring (bicyclic) bond motifs is 1. The summed E-state index contributed by atoms with van der Waals surface area (Å²) in [6.07, 6.45) is 2.46. The monoisotopic (exact) mass is 600 g/mol. The van der Waals surface area contributed by atoms with Crippen LogP contribution in [0.5, 0.6) is 5.75 Å². The van der Waals surface area contributed by atoms with Gasteiger partial charge in [-0.25, -0.2) is 14.6 Å². The van der Waals surface area contributed by atoms with Crippen molar-refractivity contribution in [2.45, 2.75) is 40.2 Å². The normalized spacial score (nSPS) is 14.7. The van der Waals surface area contributed by atoms with E-state index in [4.69, 9.17) is 18.6 Å². The van der Waals surface area contributed by atoms with Crippen LogP contribution in [0.2, 0.25) is 0 Å². The lowest BCUT2D eigenvalue weighted by Crippen LogP contribution is -2.40. The molecule has 0 saturated carbocycles. The summed E-state index contributed by atoms with van der Waals surface area (Å²) in [5, 5.41) is 0. The van der Waals surface area contributed by atoms with E-state index in [2.05, 4.69) is 4.99 Å². The summed E-state index contributed by atoms with van der Waals surface area (Å²) in [7, 11) is 0. The Kier molecular flexibility index (Phi) is 9.06.